The van der Waals surface area contributed by atoms with E-state index in [9.17, 15) is 5.11 Å². The standard InChI is InChI=1S/C25H30N2O2S/c28-24(22-8-9-25-23(19-22)10-18-30-25)20-29-17-16-27-14-12-26(13-15-27)11-4-7-21-5-2-1-3-6-21/h1-10,18-19,24,28H,11-17,20H2/b7-4+. The highest BCUT2D eigenvalue weighted by Crippen LogP contribution is 2.24. The highest BCUT2D eigenvalue weighted by molar-refractivity contribution is 7.17. The van der Waals surface area contributed by atoms with Crippen molar-refractivity contribution in [2.75, 3.05) is 52.5 Å². The van der Waals surface area contributed by atoms with Crippen molar-refractivity contribution in [3.8, 4) is 0 Å². The minimum Gasteiger partial charge on any atom is -0.386 e. The number of aliphatic hydroxyl groups is 1. The van der Waals surface area contributed by atoms with Crippen LogP contribution in [0.1, 0.15) is 17.2 Å². The summed E-state index contributed by atoms with van der Waals surface area (Å²) in [4.78, 5) is 4.93. The maximum absolute atomic E-state index is 10.4. The van der Waals surface area contributed by atoms with Gasteiger partial charge in [-0.05, 0) is 40.1 Å². The molecule has 2 heterocycles. The van der Waals surface area contributed by atoms with E-state index in [2.05, 4.69) is 69.8 Å². The van der Waals surface area contributed by atoms with E-state index in [0.717, 1.165) is 44.8 Å². The Balaban J connectivity index is 1.11. The smallest absolute Gasteiger partial charge is 0.102 e. The maximum Gasteiger partial charge on any atom is 0.102 e. The van der Waals surface area contributed by atoms with Gasteiger partial charge in [-0.1, -0.05) is 48.6 Å². The monoisotopic (exact) mass is 422 g/mol. The van der Waals surface area contributed by atoms with Crippen molar-refractivity contribution in [2.45, 2.75) is 6.10 Å². The summed E-state index contributed by atoms with van der Waals surface area (Å²) in [6.45, 7) is 7.24. The SMILES string of the molecule is OC(COCCN1CCN(C/C=C/c2ccccc2)CC1)c1ccc2sccc2c1. The first-order valence-electron chi connectivity index (χ1n) is 10.7. The van der Waals surface area contributed by atoms with Gasteiger partial charge in [0.15, 0.2) is 0 Å². The molecule has 2 aromatic carbocycles. The number of fused-ring (bicyclic) bond motifs is 1. The Bertz CT molecular complexity index is 932. The minimum atomic E-state index is -0.567. The van der Waals surface area contributed by atoms with E-state index in [1.165, 1.54) is 15.6 Å². The zero-order valence-electron chi connectivity index (χ0n) is 17.3. The summed E-state index contributed by atoms with van der Waals surface area (Å²) in [5.74, 6) is 0. The van der Waals surface area contributed by atoms with Crippen LogP contribution in [0.25, 0.3) is 16.2 Å². The molecule has 1 aromatic heterocycles. The summed E-state index contributed by atoms with van der Waals surface area (Å²) in [5, 5.41) is 13.7. The van der Waals surface area contributed by atoms with Gasteiger partial charge in [0.05, 0.1) is 13.2 Å². The zero-order valence-corrected chi connectivity index (χ0v) is 18.1. The molecule has 0 bridgehead atoms. The first-order valence-corrected chi connectivity index (χ1v) is 11.6. The predicted molar refractivity (Wildman–Crippen MR) is 126 cm³/mol. The second-order valence-electron chi connectivity index (χ2n) is 7.76. The summed E-state index contributed by atoms with van der Waals surface area (Å²) in [6.07, 6.45) is 3.88. The number of piperazine rings is 1. The van der Waals surface area contributed by atoms with Crippen LogP contribution in [0.3, 0.4) is 0 Å². The van der Waals surface area contributed by atoms with Gasteiger partial charge in [0.2, 0.25) is 0 Å². The molecular formula is C25H30N2O2S. The van der Waals surface area contributed by atoms with Crippen molar-refractivity contribution >= 4 is 27.5 Å². The van der Waals surface area contributed by atoms with Gasteiger partial charge >= 0.3 is 0 Å². The second-order valence-corrected chi connectivity index (χ2v) is 8.71. The molecule has 0 aliphatic carbocycles. The van der Waals surface area contributed by atoms with E-state index in [0.29, 0.717) is 13.2 Å². The van der Waals surface area contributed by atoms with Crippen molar-refractivity contribution in [1.82, 2.24) is 9.80 Å². The molecule has 1 saturated heterocycles. The van der Waals surface area contributed by atoms with Crippen LogP contribution in [0.15, 0.2) is 66.1 Å². The quantitative estimate of drug-likeness (QED) is 0.522. The molecule has 4 nitrogen and oxygen atoms in total. The van der Waals surface area contributed by atoms with Crippen LogP contribution in [-0.2, 0) is 4.74 Å². The average Bonchev–Trinajstić information content (AvgIpc) is 3.26. The van der Waals surface area contributed by atoms with Gasteiger partial charge in [0, 0.05) is 44.0 Å². The minimum absolute atomic E-state index is 0.347. The Morgan fingerprint density at radius 2 is 1.80 bits per heavy atom. The van der Waals surface area contributed by atoms with Gasteiger partial charge in [-0.15, -0.1) is 11.3 Å². The van der Waals surface area contributed by atoms with E-state index in [-0.39, 0.29) is 0 Å². The van der Waals surface area contributed by atoms with Crippen LogP contribution in [-0.4, -0.2) is 67.4 Å². The summed E-state index contributed by atoms with van der Waals surface area (Å²) >= 11 is 1.72. The third kappa shape index (κ3) is 6.00. The lowest BCUT2D eigenvalue weighted by molar-refractivity contribution is 0.0208. The Morgan fingerprint density at radius 1 is 1.00 bits per heavy atom. The summed E-state index contributed by atoms with van der Waals surface area (Å²) in [7, 11) is 0. The lowest BCUT2D eigenvalue weighted by Crippen LogP contribution is -2.47. The number of rotatable bonds is 9. The molecule has 0 saturated carbocycles. The van der Waals surface area contributed by atoms with Gasteiger partial charge in [-0.25, -0.2) is 0 Å². The van der Waals surface area contributed by atoms with Crippen molar-refractivity contribution in [3.63, 3.8) is 0 Å². The van der Waals surface area contributed by atoms with Crippen LogP contribution >= 0.6 is 11.3 Å². The van der Waals surface area contributed by atoms with E-state index in [1.54, 1.807) is 11.3 Å². The molecule has 4 rings (SSSR count). The molecule has 30 heavy (non-hydrogen) atoms. The molecule has 1 unspecified atom stereocenters. The Hall–Kier alpha value is -2.02. The van der Waals surface area contributed by atoms with Gasteiger partial charge in [0.1, 0.15) is 6.10 Å². The van der Waals surface area contributed by atoms with Crippen LogP contribution in [0, 0.1) is 0 Å². The normalized spacial score (nSPS) is 17.1. The van der Waals surface area contributed by atoms with Gasteiger partial charge in [-0.2, -0.15) is 0 Å². The first-order chi connectivity index (χ1) is 14.8. The topological polar surface area (TPSA) is 35.9 Å². The first kappa shape index (κ1) is 21.2. The fraction of sp³-hybridized carbons (Fsp3) is 0.360. The van der Waals surface area contributed by atoms with Crippen LogP contribution < -0.4 is 0 Å². The molecule has 1 fully saturated rings. The second kappa shape index (κ2) is 10.8. The summed E-state index contributed by atoms with van der Waals surface area (Å²) in [6, 6.07) is 18.7. The number of hydrogen-bond donors (Lipinski definition) is 1. The van der Waals surface area contributed by atoms with Crippen molar-refractivity contribution in [3.05, 3.63) is 77.2 Å². The van der Waals surface area contributed by atoms with Gasteiger partial charge < -0.3 is 9.84 Å². The van der Waals surface area contributed by atoms with Gasteiger partial charge in [0.25, 0.3) is 0 Å². The number of aliphatic hydroxyl groups excluding tert-OH is 1. The highest BCUT2D eigenvalue weighted by atomic mass is 32.1. The number of hydrogen-bond acceptors (Lipinski definition) is 5. The van der Waals surface area contributed by atoms with E-state index < -0.39 is 6.10 Å². The number of thiophene rings is 1. The van der Waals surface area contributed by atoms with Crippen LogP contribution in [0.2, 0.25) is 0 Å². The molecule has 1 aliphatic rings. The van der Waals surface area contributed by atoms with Crippen molar-refractivity contribution in [1.29, 1.82) is 0 Å². The molecule has 0 amide bonds. The summed E-state index contributed by atoms with van der Waals surface area (Å²) in [5.41, 5.74) is 2.18. The predicted octanol–water partition coefficient (Wildman–Crippen LogP) is 4.28. The lowest BCUT2D eigenvalue weighted by atomic mass is 10.1. The Morgan fingerprint density at radius 3 is 2.63 bits per heavy atom. The van der Waals surface area contributed by atoms with Gasteiger partial charge in [-0.3, -0.25) is 9.80 Å². The van der Waals surface area contributed by atoms with E-state index >= 15 is 0 Å². The molecule has 1 atom stereocenters. The fourth-order valence-electron chi connectivity index (χ4n) is 3.77. The van der Waals surface area contributed by atoms with E-state index in [4.69, 9.17) is 4.74 Å². The molecule has 0 radical (unpaired) electrons. The molecule has 3 aromatic rings. The largest absolute Gasteiger partial charge is 0.386 e. The fourth-order valence-corrected chi connectivity index (χ4v) is 4.55. The van der Waals surface area contributed by atoms with Crippen LogP contribution in [0.5, 0.6) is 0 Å². The number of nitrogens with zero attached hydrogens (tertiary/aromatic N) is 2. The molecule has 158 valence electrons. The maximum atomic E-state index is 10.4. The Kier molecular flexibility index (Phi) is 7.67. The number of benzene rings is 2. The lowest BCUT2D eigenvalue weighted by Gasteiger charge is -2.34. The molecular weight excluding hydrogens is 392 g/mol. The average molecular weight is 423 g/mol. The molecule has 5 heteroatoms. The van der Waals surface area contributed by atoms with Crippen molar-refractivity contribution < 1.29 is 9.84 Å². The Labute approximate surface area is 183 Å². The molecule has 1 N–H and O–H groups in total. The number of ether oxygens (including phenoxy) is 1. The summed E-state index contributed by atoms with van der Waals surface area (Å²) < 4.78 is 7.02. The third-order valence-corrected chi connectivity index (χ3v) is 6.53. The molecule has 0 spiro atoms. The zero-order chi connectivity index (χ0) is 20.6. The highest BCUT2D eigenvalue weighted by Gasteiger charge is 2.16. The molecule has 1 aliphatic heterocycles. The van der Waals surface area contributed by atoms with Crippen LogP contribution in [0.4, 0.5) is 0 Å². The van der Waals surface area contributed by atoms with Crippen molar-refractivity contribution in [2.24, 2.45) is 0 Å². The van der Waals surface area contributed by atoms with E-state index in [1.807, 2.05) is 12.1 Å². The third-order valence-electron chi connectivity index (χ3n) is 5.63.